The third-order valence-electron chi connectivity index (χ3n) is 1.97. The van der Waals surface area contributed by atoms with E-state index < -0.39 is 0 Å². The highest BCUT2D eigenvalue weighted by Crippen LogP contribution is 2.13. The maximum atomic E-state index is 11.1. The van der Waals surface area contributed by atoms with Crippen LogP contribution in [0.2, 0.25) is 0 Å². The zero-order chi connectivity index (χ0) is 12.3. The molecule has 0 aliphatic carbocycles. The normalized spacial score (nSPS) is 10.0. The molecule has 0 spiro atoms. The lowest BCUT2D eigenvalue weighted by molar-refractivity contribution is 0.254. The Labute approximate surface area is 103 Å². The van der Waals surface area contributed by atoms with E-state index in [1.165, 1.54) is 4.80 Å². The van der Waals surface area contributed by atoms with Crippen molar-refractivity contribution in [1.82, 2.24) is 25.5 Å². The minimum atomic E-state index is -0.288. The lowest BCUT2D eigenvalue weighted by Crippen LogP contribution is -2.24. The number of thiol groups is 1. The Morgan fingerprint density at radius 2 is 2.29 bits per heavy atom. The monoisotopic (exact) mass is 250 g/mol. The van der Waals surface area contributed by atoms with Crippen LogP contribution in [0.3, 0.4) is 0 Å². The van der Waals surface area contributed by atoms with Crippen molar-refractivity contribution in [2.45, 2.75) is 5.16 Å². The molecule has 0 aliphatic heterocycles. The smallest absolute Gasteiger partial charge is 0.318 e. The molecule has 1 heterocycles. The predicted molar refractivity (Wildman–Crippen MR) is 64.5 cm³/mol. The summed E-state index contributed by atoms with van der Waals surface area (Å²) in [7, 11) is 1.55. The molecule has 17 heavy (non-hydrogen) atoms. The highest BCUT2D eigenvalue weighted by molar-refractivity contribution is 7.80. The molecule has 2 rings (SSSR count). The van der Waals surface area contributed by atoms with Crippen molar-refractivity contribution in [1.29, 1.82) is 0 Å². The van der Waals surface area contributed by atoms with Gasteiger partial charge in [-0.3, -0.25) is 0 Å². The molecule has 88 valence electrons. The van der Waals surface area contributed by atoms with Crippen molar-refractivity contribution < 1.29 is 4.79 Å². The van der Waals surface area contributed by atoms with Crippen LogP contribution in [0.25, 0.3) is 5.69 Å². The molecule has 2 amide bonds. The van der Waals surface area contributed by atoms with Crippen molar-refractivity contribution in [3.8, 4) is 5.69 Å². The van der Waals surface area contributed by atoms with Crippen molar-refractivity contribution in [3.05, 3.63) is 24.3 Å². The van der Waals surface area contributed by atoms with E-state index in [2.05, 4.69) is 38.7 Å². The Morgan fingerprint density at radius 3 is 2.94 bits per heavy atom. The van der Waals surface area contributed by atoms with Gasteiger partial charge >= 0.3 is 6.03 Å². The van der Waals surface area contributed by atoms with Gasteiger partial charge in [-0.15, -0.1) is 15.0 Å². The molecule has 0 atom stereocenters. The van der Waals surface area contributed by atoms with Crippen LogP contribution < -0.4 is 10.6 Å². The summed E-state index contributed by atoms with van der Waals surface area (Å²) >= 11 is 3.97. The van der Waals surface area contributed by atoms with E-state index in [0.29, 0.717) is 11.4 Å². The van der Waals surface area contributed by atoms with Gasteiger partial charge in [0.05, 0.1) is 5.69 Å². The van der Waals surface area contributed by atoms with Gasteiger partial charge < -0.3 is 10.6 Å². The standard InChI is InChI=1S/C9H10N6OS/c1-10-8(16)11-6-3-2-4-7(5-6)15-13-9(17)12-14-15/h2-5H,1H3,(H,13,17)(H2,10,11,16). The zero-order valence-electron chi connectivity index (χ0n) is 8.95. The molecule has 8 heteroatoms. The first-order valence-electron chi connectivity index (χ1n) is 4.77. The molecule has 1 aromatic carbocycles. The zero-order valence-corrected chi connectivity index (χ0v) is 9.85. The van der Waals surface area contributed by atoms with Crippen LogP contribution in [0.15, 0.2) is 29.4 Å². The van der Waals surface area contributed by atoms with Gasteiger partial charge in [0.2, 0.25) is 5.16 Å². The highest BCUT2D eigenvalue weighted by Gasteiger charge is 2.04. The number of hydrogen-bond donors (Lipinski definition) is 3. The minimum Gasteiger partial charge on any atom is -0.341 e. The highest BCUT2D eigenvalue weighted by atomic mass is 32.1. The average molecular weight is 250 g/mol. The first-order valence-corrected chi connectivity index (χ1v) is 5.22. The second-order valence-electron chi connectivity index (χ2n) is 3.13. The molecule has 7 nitrogen and oxygen atoms in total. The Kier molecular flexibility index (Phi) is 3.24. The summed E-state index contributed by atoms with van der Waals surface area (Å²) in [5.74, 6) is 0. The van der Waals surface area contributed by atoms with Gasteiger partial charge in [0.25, 0.3) is 0 Å². The average Bonchev–Trinajstić information content (AvgIpc) is 2.76. The van der Waals surface area contributed by atoms with Crippen LogP contribution in [0.5, 0.6) is 0 Å². The maximum Gasteiger partial charge on any atom is 0.318 e. The van der Waals surface area contributed by atoms with Gasteiger partial charge in [-0.05, 0) is 23.4 Å². The van der Waals surface area contributed by atoms with E-state index in [1.54, 1.807) is 31.3 Å². The SMILES string of the molecule is CNC(=O)Nc1cccc(-n2nnc(S)n2)c1. The van der Waals surface area contributed by atoms with E-state index in [9.17, 15) is 4.79 Å². The maximum absolute atomic E-state index is 11.1. The van der Waals surface area contributed by atoms with Gasteiger partial charge in [0.15, 0.2) is 0 Å². The summed E-state index contributed by atoms with van der Waals surface area (Å²) in [5, 5.41) is 16.8. The minimum absolute atomic E-state index is 0.287. The summed E-state index contributed by atoms with van der Waals surface area (Å²) in [4.78, 5) is 12.5. The van der Waals surface area contributed by atoms with Crippen LogP contribution in [0.1, 0.15) is 0 Å². The fourth-order valence-corrected chi connectivity index (χ4v) is 1.34. The van der Waals surface area contributed by atoms with E-state index in [4.69, 9.17) is 0 Å². The predicted octanol–water partition coefficient (Wildman–Crippen LogP) is 0.702. The molecule has 0 saturated heterocycles. The number of tetrazole rings is 1. The van der Waals surface area contributed by atoms with Gasteiger partial charge in [-0.2, -0.15) is 0 Å². The Morgan fingerprint density at radius 1 is 1.47 bits per heavy atom. The van der Waals surface area contributed by atoms with Crippen molar-refractivity contribution >= 4 is 24.3 Å². The van der Waals surface area contributed by atoms with E-state index in [-0.39, 0.29) is 11.2 Å². The number of anilines is 1. The molecular formula is C9H10N6OS. The van der Waals surface area contributed by atoms with Crippen molar-refractivity contribution in [2.24, 2.45) is 0 Å². The quantitative estimate of drug-likeness (QED) is 0.685. The third kappa shape index (κ3) is 2.72. The molecular weight excluding hydrogens is 240 g/mol. The molecule has 0 aliphatic rings. The molecule has 0 saturated carbocycles. The fourth-order valence-electron chi connectivity index (χ4n) is 1.22. The summed E-state index contributed by atoms with van der Waals surface area (Å²) < 4.78 is 0. The Bertz CT molecular complexity index is 540. The molecule has 0 fully saturated rings. The number of carbonyl (C=O) groups excluding carboxylic acids is 1. The number of nitrogens with one attached hydrogen (secondary N) is 2. The lowest BCUT2D eigenvalue weighted by atomic mass is 10.3. The van der Waals surface area contributed by atoms with Crippen LogP contribution in [-0.4, -0.2) is 33.3 Å². The van der Waals surface area contributed by atoms with Gasteiger partial charge in [0, 0.05) is 12.7 Å². The Balaban J connectivity index is 2.25. The van der Waals surface area contributed by atoms with Crippen LogP contribution >= 0.6 is 12.6 Å². The van der Waals surface area contributed by atoms with Crippen molar-refractivity contribution in [3.63, 3.8) is 0 Å². The summed E-state index contributed by atoms with van der Waals surface area (Å²) in [6.45, 7) is 0. The van der Waals surface area contributed by atoms with Crippen LogP contribution in [-0.2, 0) is 0 Å². The summed E-state index contributed by atoms with van der Waals surface area (Å²) in [6, 6.07) is 6.77. The summed E-state index contributed by atoms with van der Waals surface area (Å²) in [6.07, 6.45) is 0. The van der Waals surface area contributed by atoms with E-state index in [1.807, 2.05) is 0 Å². The number of aromatic nitrogens is 4. The number of nitrogens with zero attached hydrogens (tertiary/aromatic N) is 4. The molecule has 2 aromatic rings. The third-order valence-corrected chi connectivity index (χ3v) is 2.14. The largest absolute Gasteiger partial charge is 0.341 e. The van der Waals surface area contributed by atoms with Crippen molar-refractivity contribution in [2.75, 3.05) is 12.4 Å². The van der Waals surface area contributed by atoms with Gasteiger partial charge in [0.1, 0.15) is 0 Å². The number of amides is 2. The number of benzene rings is 1. The summed E-state index contributed by atoms with van der Waals surface area (Å²) in [5.41, 5.74) is 1.33. The van der Waals surface area contributed by atoms with E-state index in [0.717, 1.165) is 0 Å². The Hall–Kier alpha value is -2.09. The number of urea groups is 1. The van der Waals surface area contributed by atoms with Gasteiger partial charge in [-0.25, -0.2) is 4.79 Å². The first kappa shape index (κ1) is 11.4. The molecule has 2 N–H and O–H groups in total. The topological polar surface area (TPSA) is 84.7 Å². The second-order valence-corrected chi connectivity index (χ2v) is 3.53. The number of rotatable bonds is 2. The second kappa shape index (κ2) is 4.83. The van der Waals surface area contributed by atoms with Gasteiger partial charge in [-0.1, -0.05) is 18.7 Å². The molecule has 0 unspecified atom stereocenters. The molecule has 0 bridgehead atoms. The molecule has 1 aromatic heterocycles. The van der Waals surface area contributed by atoms with Crippen LogP contribution in [0, 0.1) is 0 Å². The van der Waals surface area contributed by atoms with E-state index >= 15 is 0 Å². The number of hydrogen-bond acceptors (Lipinski definition) is 5. The van der Waals surface area contributed by atoms with Crippen LogP contribution in [0.4, 0.5) is 10.5 Å². The lowest BCUT2D eigenvalue weighted by Gasteiger charge is -2.05. The number of carbonyl (C=O) groups is 1. The first-order chi connectivity index (χ1) is 8.19. The molecule has 0 radical (unpaired) electrons. The fraction of sp³-hybridized carbons (Fsp3) is 0.111.